The number of esters is 1. The maximum atomic E-state index is 13.8. The second kappa shape index (κ2) is 9.74. The number of aryl methyl sites for hydroxylation is 1. The van der Waals surface area contributed by atoms with E-state index in [0.29, 0.717) is 39.5 Å². The molecule has 0 amide bonds. The molecule has 0 radical (unpaired) electrons. The van der Waals surface area contributed by atoms with Crippen LogP contribution >= 0.6 is 0 Å². The molecule has 0 fully saturated rings. The molecular formula is C31H25NO9. The number of fused-ring (bicyclic) bond motifs is 4. The van der Waals surface area contributed by atoms with E-state index in [-0.39, 0.29) is 34.3 Å². The Morgan fingerprint density at radius 1 is 0.927 bits per heavy atom. The first-order valence-corrected chi connectivity index (χ1v) is 12.7. The number of hydrogen-bond acceptors (Lipinski definition) is 9. The fourth-order valence-corrected chi connectivity index (χ4v) is 5.45. The monoisotopic (exact) mass is 555 g/mol. The Hall–Kier alpha value is -5.25. The summed E-state index contributed by atoms with van der Waals surface area (Å²) in [6.07, 6.45) is 1.12. The van der Waals surface area contributed by atoms with Gasteiger partial charge in [0.1, 0.15) is 34.5 Å². The van der Waals surface area contributed by atoms with E-state index >= 15 is 0 Å². The highest BCUT2D eigenvalue weighted by Gasteiger charge is 2.35. The molecule has 0 saturated heterocycles. The van der Waals surface area contributed by atoms with Crippen LogP contribution in [-0.2, 0) is 11.8 Å². The summed E-state index contributed by atoms with van der Waals surface area (Å²) in [4.78, 5) is 40.1. The summed E-state index contributed by atoms with van der Waals surface area (Å²) in [5.41, 5.74) is 1.16. The topological polar surface area (TPSA) is 126 Å². The lowest BCUT2D eigenvalue weighted by molar-refractivity contribution is -0.135. The van der Waals surface area contributed by atoms with Crippen LogP contribution in [0.3, 0.4) is 0 Å². The molecule has 1 N–H and O–H groups in total. The van der Waals surface area contributed by atoms with Crippen molar-refractivity contribution in [1.29, 1.82) is 0 Å². The molecule has 208 valence electrons. The molecule has 3 heterocycles. The van der Waals surface area contributed by atoms with E-state index < -0.39 is 23.1 Å². The number of carbonyl (C=O) groups excluding carboxylic acids is 1. The lowest BCUT2D eigenvalue weighted by atomic mass is 9.85. The highest BCUT2D eigenvalue weighted by atomic mass is 16.5. The summed E-state index contributed by atoms with van der Waals surface area (Å²) in [5, 5.41) is 11.6. The number of nitrogens with zero attached hydrogens (tertiary/aromatic N) is 1. The van der Waals surface area contributed by atoms with Crippen molar-refractivity contribution in [3.05, 3.63) is 86.5 Å². The van der Waals surface area contributed by atoms with Gasteiger partial charge in [0.05, 0.1) is 38.8 Å². The Balaban J connectivity index is 1.59. The van der Waals surface area contributed by atoms with Gasteiger partial charge < -0.3 is 33.0 Å². The molecule has 1 unspecified atom stereocenters. The van der Waals surface area contributed by atoms with Crippen LogP contribution in [0.5, 0.6) is 28.7 Å². The summed E-state index contributed by atoms with van der Waals surface area (Å²) < 4.78 is 28.9. The van der Waals surface area contributed by atoms with Gasteiger partial charge >= 0.3 is 5.97 Å². The molecule has 1 aliphatic rings. The van der Waals surface area contributed by atoms with E-state index in [4.69, 9.17) is 23.4 Å². The van der Waals surface area contributed by atoms with Crippen molar-refractivity contribution < 1.29 is 33.3 Å². The van der Waals surface area contributed by atoms with E-state index in [9.17, 15) is 19.5 Å². The molecule has 1 aliphatic heterocycles. The van der Waals surface area contributed by atoms with Crippen LogP contribution in [0.4, 0.5) is 0 Å². The summed E-state index contributed by atoms with van der Waals surface area (Å²) in [6.45, 7) is 0. The van der Waals surface area contributed by atoms with E-state index in [2.05, 4.69) is 0 Å². The van der Waals surface area contributed by atoms with Gasteiger partial charge in [0.15, 0.2) is 11.5 Å². The third kappa shape index (κ3) is 4.07. The summed E-state index contributed by atoms with van der Waals surface area (Å²) >= 11 is 0. The number of aromatic hydroxyl groups is 1. The zero-order chi connectivity index (χ0) is 29.0. The Labute approximate surface area is 232 Å². The highest BCUT2D eigenvalue weighted by Crippen LogP contribution is 2.45. The molecule has 41 heavy (non-hydrogen) atoms. The zero-order valence-electron chi connectivity index (χ0n) is 22.6. The minimum absolute atomic E-state index is 0.0233. The Kier molecular flexibility index (Phi) is 6.18. The average molecular weight is 556 g/mol. The first-order valence-electron chi connectivity index (χ1n) is 12.7. The zero-order valence-corrected chi connectivity index (χ0v) is 22.6. The third-order valence-corrected chi connectivity index (χ3v) is 7.50. The number of pyridine rings is 1. The number of phenolic OH excluding ortho intramolecular Hbond substituents is 1. The Morgan fingerprint density at radius 3 is 2.44 bits per heavy atom. The van der Waals surface area contributed by atoms with Gasteiger partial charge in [-0.2, -0.15) is 0 Å². The number of carbonyl (C=O) groups is 1. The standard InChI is InChI=1S/C31H25NO9/c1-32-21-11-17(37-2)7-5-16(21)9-19(31(32)36)18-12-26(34)41-25-13-22(33)28-29(35)20(14-40-30(28)27(18)25)15-6-8-23(38-3)24(10-15)39-4/h5-11,13-14,18,33H,12H2,1-4H3. The normalized spacial score (nSPS) is 14.5. The number of phenols is 1. The fourth-order valence-electron chi connectivity index (χ4n) is 5.45. The van der Waals surface area contributed by atoms with Gasteiger partial charge in [-0.25, -0.2) is 0 Å². The van der Waals surface area contributed by atoms with Crippen LogP contribution in [0, 0.1) is 0 Å². The van der Waals surface area contributed by atoms with Gasteiger partial charge in [0.25, 0.3) is 5.56 Å². The number of aromatic nitrogens is 1. The van der Waals surface area contributed by atoms with Crippen molar-refractivity contribution in [2.75, 3.05) is 21.3 Å². The smallest absolute Gasteiger partial charge is 0.312 e. The lowest BCUT2D eigenvalue weighted by Crippen LogP contribution is -2.29. The Morgan fingerprint density at radius 2 is 1.71 bits per heavy atom. The molecule has 0 aliphatic carbocycles. The van der Waals surface area contributed by atoms with Crippen molar-refractivity contribution in [1.82, 2.24) is 4.57 Å². The molecule has 2 aromatic heterocycles. The SMILES string of the molecule is COc1ccc2cc(C3CC(=O)Oc4cc(O)c5c(=O)c(-c6ccc(OC)c(OC)c6)coc5c43)c(=O)n(C)c2c1. The number of hydrogen-bond donors (Lipinski definition) is 1. The molecular weight excluding hydrogens is 530 g/mol. The molecule has 10 nitrogen and oxygen atoms in total. The van der Waals surface area contributed by atoms with Crippen molar-refractivity contribution in [2.24, 2.45) is 7.05 Å². The third-order valence-electron chi connectivity index (χ3n) is 7.50. The highest BCUT2D eigenvalue weighted by molar-refractivity contribution is 5.94. The molecule has 0 spiro atoms. The number of methoxy groups -OCH3 is 3. The van der Waals surface area contributed by atoms with Crippen LogP contribution in [-0.4, -0.2) is 37.0 Å². The van der Waals surface area contributed by atoms with Crippen LogP contribution in [0.2, 0.25) is 0 Å². The lowest BCUT2D eigenvalue weighted by Gasteiger charge is -2.26. The summed E-state index contributed by atoms with van der Waals surface area (Å²) in [7, 11) is 6.17. The van der Waals surface area contributed by atoms with E-state index in [1.807, 2.05) is 6.07 Å². The quantitative estimate of drug-likeness (QED) is 0.247. The van der Waals surface area contributed by atoms with Gasteiger partial charge in [-0.1, -0.05) is 6.07 Å². The maximum absolute atomic E-state index is 13.8. The van der Waals surface area contributed by atoms with Crippen molar-refractivity contribution >= 4 is 27.8 Å². The Bertz CT molecular complexity index is 2000. The van der Waals surface area contributed by atoms with Crippen molar-refractivity contribution in [3.63, 3.8) is 0 Å². The number of ether oxygens (including phenoxy) is 4. The first-order chi connectivity index (χ1) is 19.7. The molecule has 1 atom stereocenters. The summed E-state index contributed by atoms with van der Waals surface area (Å²) in [6, 6.07) is 13.3. The second-order valence-corrected chi connectivity index (χ2v) is 9.68. The van der Waals surface area contributed by atoms with E-state index in [0.717, 1.165) is 5.39 Å². The fraction of sp³-hybridized carbons (Fsp3) is 0.194. The van der Waals surface area contributed by atoms with Crippen molar-refractivity contribution in [3.8, 4) is 39.9 Å². The van der Waals surface area contributed by atoms with Gasteiger partial charge in [-0.05, 0) is 41.3 Å². The molecule has 0 bridgehead atoms. The number of rotatable bonds is 5. The molecule has 0 saturated carbocycles. The predicted molar refractivity (Wildman–Crippen MR) is 151 cm³/mol. The van der Waals surface area contributed by atoms with E-state index in [1.165, 1.54) is 31.1 Å². The molecule has 5 aromatic rings. The number of benzene rings is 3. The second-order valence-electron chi connectivity index (χ2n) is 9.68. The van der Waals surface area contributed by atoms with Gasteiger partial charge in [0.2, 0.25) is 5.43 Å². The van der Waals surface area contributed by atoms with Crippen molar-refractivity contribution in [2.45, 2.75) is 12.3 Å². The maximum Gasteiger partial charge on any atom is 0.312 e. The van der Waals surface area contributed by atoms with Crippen LogP contribution in [0.1, 0.15) is 23.5 Å². The molecule has 3 aromatic carbocycles. The minimum atomic E-state index is -0.797. The van der Waals surface area contributed by atoms with Gasteiger partial charge in [-0.15, -0.1) is 0 Å². The molecule has 6 rings (SSSR count). The average Bonchev–Trinajstić information content (AvgIpc) is 2.97. The van der Waals surface area contributed by atoms with E-state index in [1.54, 1.807) is 50.6 Å². The van der Waals surface area contributed by atoms with Gasteiger partial charge in [-0.3, -0.25) is 14.4 Å². The van der Waals surface area contributed by atoms with Gasteiger partial charge in [0, 0.05) is 36.2 Å². The largest absolute Gasteiger partial charge is 0.507 e. The van der Waals surface area contributed by atoms with Crippen LogP contribution in [0.15, 0.2) is 68.8 Å². The van der Waals surface area contributed by atoms with Crippen LogP contribution < -0.4 is 29.9 Å². The first kappa shape index (κ1) is 26.0. The van der Waals surface area contributed by atoms with Crippen LogP contribution in [0.25, 0.3) is 33.0 Å². The minimum Gasteiger partial charge on any atom is -0.507 e. The predicted octanol–water partition coefficient (Wildman–Crippen LogP) is 4.48. The molecule has 10 heteroatoms. The summed E-state index contributed by atoms with van der Waals surface area (Å²) in [5.74, 6) is -0.274.